The molecule has 1 rings (SSSR count). The van der Waals surface area contributed by atoms with Gasteiger partial charge in [-0.25, -0.2) is 9.59 Å². The molecule has 5 nitrogen and oxygen atoms in total. The maximum absolute atomic E-state index is 11.8. The van der Waals surface area contributed by atoms with E-state index in [1.54, 1.807) is 33.1 Å². The van der Waals surface area contributed by atoms with Crippen molar-refractivity contribution >= 4 is 18.0 Å². The Balaban J connectivity index is 2.93. The summed E-state index contributed by atoms with van der Waals surface area (Å²) in [4.78, 5) is 23.5. The topological polar surface area (TPSA) is 61.8 Å². The Morgan fingerprint density at radius 1 is 1.09 bits per heavy atom. The summed E-state index contributed by atoms with van der Waals surface area (Å²) in [5.41, 5.74) is 0.741. The maximum atomic E-state index is 11.8. The van der Waals surface area contributed by atoms with Crippen LogP contribution in [0.5, 0.6) is 5.75 Å². The molecule has 0 saturated heterocycles. The summed E-state index contributed by atoms with van der Waals surface area (Å²) in [6.07, 6.45) is 4.73. The molecule has 0 fully saturated rings. The summed E-state index contributed by atoms with van der Waals surface area (Å²) in [5, 5.41) is 0. The molecule has 22 heavy (non-hydrogen) atoms. The van der Waals surface area contributed by atoms with Crippen LogP contribution in [0.15, 0.2) is 42.0 Å². The zero-order chi connectivity index (χ0) is 16.4. The van der Waals surface area contributed by atoms with Crippen molar-refractivity contribution in [1.82, 2.24) is 0 Å². The van der Waals surface area contributed by atoms with Crippen molar-refractivity contribution in [1.29, 1.82) is 0 Å². The number of carbonyl (C=O) groups is 2. The van der Waals surface area contributed by atoms with Gasteiger partial charge in [0, 0.05) is 0 Å². The highest BCUT2D eigenvalue weighted by Gasteiger charge is 2.19. The van der Waals surface area contributed by atoms with Gasteiger partial charge in [-0.3, -0.25) is 0 Å². The summed E-state index contributed by atoms with van der Waals surface area (Å²) < 4.78 is 14.8. The molecular weight excluding hydrogens is 284 g/mol. The Hall–Kier alpha value is -2.56. The van der Waals surface area contributed by atoms with Crippen molar-refractivity contribution in [2.75, 3.05) is 20.3 Å². The predicted molar refractivity (Wildman–Crippen MR) is 83.4 cm³/mol. The number of rotatable bonds is 7. The molecule has 118 valence electrons. The molecule has 0 aromatic heterocycles. The third kappa shape index (κ3) is 5.44. The van der Waals surface area contributed by atoms with Gasteiger partial charge in [0.15, 0.2) is 0 Å². The molecule has 0 aliphatic heterocycles. The van der Waals surface area contributed by atoms with Crippen LogP contribution in [0.1, 0.15) is 19.4 Å². The zero-order valence-corrected chi connectivity index (χ0v) is 13.0. The van der Waals surface area contributed by atoms with Crippen LogP contribution < -0.4 is 4.74 Å². The first kappa shape index (κ1) is 17.5. The van der Waals surface area contributed by atoms with Gasteiger partial charge in [-0.1, -0.05) is 24.3 Å². The molecule has 0 bridgehead atoms. The zero-order valence-electron chi connectivity index (χ0n) is 13.0. The molecule has 0 aliphatic carbocycles. The van der Waals surface area contributed by atoms with Gasteiger partial charge in [0.1, 0.15) is 11.3 Å². The molecular formula is C17H20O5. The Labute approximate surface area is 130 Å². The second-order valence-corrected chi connectivity index (χ2v) is 4.16. The lowest BCUT2D eigenvalue weighted by Gasteiger charge is -2.05. The highest BCUT2D eigenvalue weighted by atomic mass is 16.6. The number of hydrogen-bond acceptors (Lipinski definition) is 5. The Bertz CT molecular complexity index is 552. The lowest BCUT2D eigenvalue weighted by atomic mass is 10.2. The van der Waals surface area contributed by atoms with Gasteiger partial charge >= 0.3 is 11.9 Å². The number of benzene rings is 1. The largest absolute Gasteiger partial charge is 0.497 e. The fourth-order valence-electron chi connectivity index (χ4n) is 1.64. The second-order valence-electron chi connectivity index (χ2n) is 4.16. The van der Waals surface area contributed by atoms with E-state index in [1.807, 2.05) is 24.3 Å². The van der Waals surface area contributed by atoms with Crippen LogP contribution in [-0.4, -0.2) is 32.3 Å². The SMILES string of the molecule is CCOC(=O)C(=C/C=C/c1cccc(OC)c1)C(=O)OCC. The van der Waals surface area contributed by atoms with Gasteiger partial charge in [-0.05, 0) is 37.6 Å². The first-order valence-electron chi connectivity index (χ1n) is 6.99. The van der Waals surface area contributed by atoms with Gasteiger partial charge in [-0.15, -0.1) is 0 Å². The first-order valence-corrected chi connectivity index (χ1v) is 6.99. The van der Waals surface area contributed by atoms with Crippen molar-refractivity contribution < 1.29 is 23.8 Å². The van der Waals surface area contributed by atoms with Crippen LogP contribution in [0.25, 0.3) is 6.08 Å². The highest BCUT2D eigenvalue weighted by molar-refractivity contribution is 6.14. The summed E-state index contributed by atoms with van der Waals surface area (Å²) in [7, 11) is 1.59. The maximum Gasteiger partial charge on any atom is 0.345 e. The van der Waals surface area contributed by atoms with E-state index in [-0.39, 0.29) is 18.8 Å². The van der Waals surface area contributed by atoms with Crippen LogP contribution in [0.3, 0.4) is 0 Å². The molecule has 1 aromatic carbocycles. The molecule has 0 heterocycles. The quantitative estimate of drug-likeness (QED) is 0.255. The molecule has 0 radical (unpaired) electrons. The van der Waals surface area contributed by atoms with Crippen LogP contribution >= 0.6 is 0 Å². The molecule has 0 saturated carbocycles. The van der Waals surface area contributed by atoms with E-state index < -0.39 is 11.9 Å². The van der Waals surface area contributed by atoms with Crippen molar-refractivity contribution in [3.05, 3.63) is 47.6 Å². The standard InChI is InChI=1S/C17H20O5/c1-4-21-16(18)15(17(19)22-5-2)11-7-9-13-8-6-10-14(12-13)20-3/h6-12H,4-5H2,1-3H3/b9-7+. The fraction of sp³-hybridized carbons (Fsp3) is 0.294. The summed E-state index contributed by atoms with van der Waals surface area (Å²) in [6, 6.07) is 7.38. The molecule has 5 heteroatoms. The smallest absolute Gasteiger partial charge is 0.345 e. The van der Waals surface area contributed by atoms with E-state index in [0.717, 1.165) is 11.3 Å². The highest BCUT2D eigenvalue weighted by Crippen LogP contribution is 2.14. The minimum absolute atomic E-state index is 0.136. The van der Waals surface area contributed by atoms with Gasteiger partial charge in [-0.2, -0.15) is 0 Å². The van der Waals surface area contributed by atoms with Crippen LogP contribution in [0, 0.1) is 0 Å². The lowest BCUT2D eigenvalue weighted by molar-refractivity contribution is -0.146. The van der Waals surface area contributed by atoms with Crippen molar-refractivity contribution in [2.24, 2.45) is 0 Å². The van der Waals surface area contributed by atoms with Crippen LogP contribution in [0.2, 0.25) is 0 Å². The van der Waals surface area contributed by atoms with E-state index >= 15 is 0 Å². The molecule has 0 atom stereocenters. The third-order valence-electron chi connectivity index (χ3n) is 2.64. The minimum atomic E-state index is -0.698. The Morgan fingerprint density at radius 2 is 1.73 bits per heavy atom. The molecule has 0 aliphatic rings. The molecule has 0 spiro atoms. The number of methoxy groups -OCH3 is 1. The van der Waals surface area contributed by atoms with Gasteiger partial charge < -0.3 is 14.2 Å². The molecule has 0 unspecified atom stereocenters. The monoisotopic (exact) mass is 304 g/mol. The van der Waals surface area contributed by atoms with E-state index in [4.69, 9.17) is 14.2 Å². The number of esters is 2. The minimum Gasteiger partial charge on any atom is -0.497 e. The number of hydrogen-bond donors (Lipinski definition) is 0. The molecule has 0 N–H and O–H groups in total. The Morgan fingerprint density at radius 3 is 2.27 bits per heavy atom. The summed E-state index contributed by atoms with van der Waals surface area (Å²) >= 11 is 0. The van der Waals surface area contributed by atoms with E-state index in [0.29, 0.717) is 0 Å². The van der Waals surface area contributed by atoms with Gasteiger partial charge in [0.25, 0.3) is 0 Å². The second kappa shape index (κ2) is 9.39. The average molecular weight is 304 g/mol. The van der Waals surface area contributed by atoms with Crippen molar-refractivity contribution in [2.45, 2.75) is 13.8 Å². The van der Waals surface area contributed by atoms with Crippen molar-refractivity contribution in [3.8, 4) is 5.75 Å². The van der Waals surface area contributed by atoms with E-state index in [2.05, 4.69) is 0 Å². The average Bonchev–Trinajstić information content (AvgIpc) is 2.52. The summed E-state index contributed by atoms with van der Waals surface area (Å²) in [6.45, 7) is 3.73. The Kier molecular flexibility index (Phi) is 7.47. The summed E-state index contributed by atoms with van der Waals surface area (Å²) in [5.74, 6) is -0.672. The lowest BCUT2D eigenvalue weighted by Crippen LogP contribution is -2.18. The normalized spacial score (nSPS) is 10.1. The van der Waals surface area contributed by atoms with Crippen molar-refractivity contribution in [3.63, 3.8) is 0 Å². The first-order chi connectivity index (χ1) is 10.6. The third-order valence-corrected chi connectivity index (χ3v) is 2.64. The van der Waals surface area contributed by atoms with Crippen LogP contribution in [-0.2, 0) is 19.1 Å². The number of ether oxygens (including phenoxy) is 3. The van der Waals surface area contributed by atoms with Gasteiger partial charge in [0.2, 0.25) is 0 Å². The number of carbonyl (C=O) groups excluding carboxylic acids is 2. The fourth-order valence-corrected chi connectivity index (χ4v) is 1.64. The predicted octanol–water partition coefficient (Wildman–Crippen LogP) is 2.76. The molecule has 1 aromatic rings. The number of allylic oxidation sites excluding steroid dienone is 2. The van der Waals surface area contributed by atoms with E-state index in [1.165, 1.54) is 6.08 Å². The van der Waals surface area contributed by atoms with Crippen LogP contribution in [0.4, 0.5) is 0 Å². The van der Waals surface area contributed by atoms with E-state index in [9.17, 15) is 9.59 Å². The van der Waals surface area contributed by atoms with Gasteiger partial charge in [0.05, 0.1) is 20.3 Å². The molecule has 0 amide bonds.